The molecule has 2 heterocycles. The van der Waals surface area contributed by atoms with Gasteiger partial charge < -0.3 is 20.1 Å². The average molecular weight is 433 g/mol. The topological polar surface area (TPSA) is 102 Å². The molecule has 2 N–H and O–H groups in total. The standard InChI is InChI=1S/C21H28N4O4S/c1-4-28-12-14-10-22-13(3)24-19(14)23-11-17(26)25-20-18(21(27)29-5-2)15-8-6-7-9-16(15)30-20/h10H,4-9,11-12H2,1-3H3,(H,25,26)(H,22,23,24). The number of carbonyl (C=O) groups excluding carboxylic acids is 2. The van der Waals surface area contributed by atoms with Crippen LogP contribution in [0.2, 0.25) is 0 Å². The zero-order valence-electron chi connectivity index (χ0n) is 17.7. The largest absolute Gasteiger partial charge is 0.462 e. The van der Waals surface area contributed by atoms with Crippen LogP contribution in [0.3, 0.4) is 0 Å². The van der Waals surface area contributed by atoms with Crippen molar-refractivity contribution in [3.8, 4) is 0 Å². The van der Waals surface area contributed by atoms with Gasteiger partial charge in [0.2, 0.25) is 5.91 Å². The van der Waals surface area contributed by atoms with E-state index in [2.05, 4.69) is 20.6 Å². The van der Waals surface area contributed by atoms with E-state index in [-0.39, 0.29) is 18.4 Å². The van der Waals surface area contributed by atoms with Gasteiger partial charge in [-0.05, 0) is 52.0 Å². The van der Waals surface area contributed by atoms with Crippen LogP contribution in [0.5, 0.6) is 0 Å². The second kappa shape index (κ2) is 10.5. The molecule has 0 spiro atoms. The van der Waals surface area contributed by atoms with E-state index in [1.807, 2.05) is 6.92 Å². The Hall–Kier alpha value is -2.52. The molecule has 2 aromatic heterocycles. The molecule has 0 unspecified atom stereocenters. The second-order valence-electron chi connectivity index (χ2n) is 6.97. The predicted octanol–water partition coefficient (Wildman–Crippen LogP) is 3.49. The van der Waals surface area contributed by atoms with Gasteiger partial charge in [0, 0.05) is 23.2 Å². The second-order valence-corrected chi connectivity index (χ2v) is 8.07. The molecule has 162 valence electrons. The molecule has 0 saturated heterocycles. The number of hydrogen-bond donors (Lipinski definition) is 2. The van der Waals surface area contributed by atoms with Gasteiger partial charge in [0.1, 0.15) is 16.6 Å². The molecule has 0 radical (unpaired) electrons. The molecule has 30 heavy (non-hydrogen) atoms. The maximum Gasteiger partial charge on any atom is 0.341 e. The zero-order chi connectivity index (χ0) is 21.5. The fourth-order valence-electron chi connectivity index (χ4n) is 3.37. The molecule has 0 atom stereocenters. The Balaban J connectivity index is 1.72. The van der Waals surface area contributed by atoms with E-state index in [1.165, 1.54) is 11.3 Å². The number of carbonyl (C=O) groups is 2. The maximum absolute atomic E-state index is 12.6. The number of hydrogen-bond acceptors (Lipinski definition) is 8. The van der Waals surface area contributed by atoms with Crippen LogP contribution in [0, 0.1) is 6.92 Å². The van der Waals surface area contributed by atoms with Crippen LogP contribution in [-0.4, -0.2) is 41.6 Å². The maximum atomic E-state index is 12.6. The van der Waals surface area contributed by atoms with Crippen molar-refractivity contribution in [3.63, 3.8) is 0 Å². The summed E-state index contributed by atoms with van der Waals surface area (Å²) in [4.78, 5) is 34.9. The molecule has 0 bridgehead atoms. The van der Waals surface area contributed by atoms with Crippen molar-refractivity contribution in [1.82, 2.24) is 9.97 Å². The minimum absolute atomic E-state index is 0.0143. The zero-order valence-corrected chi connectivity index (χ0v) is 18.5. The fourth-order valence-corrected chi connectivity index (χ4v) is 4.67. The van der Waals surface area contributed by atoms with Gasteiger partial charge in [-0.1, -0.05) is 0 Å². The third-order valence-corrected chi connectivity index (χ3v) is 5.97. The number of anilines is 2. The molecule has 8 nitrogen and oxygen atoms in total. The highest BCUT2D eigenvalue weighted by Gasteiger charge is 2.27. The Morgan fingerprint density at radius 3 is 2.77 bits per heavy atom. The molecule has 0 saturated carbocycles. The minimum Gasteiger partial charge on any atom is -0.462 e. The van der Waals surface area contributed by atoms with Crippen LogP contribution in [0.15, 0.2) is 6.20 Å². The molecule has 1 aliphatic carbocycles. The lowest BCUT2D eigenvalue weighted by atomic mass is 9.95. The molecular formula is C21H28N4O4S. The lowest BCUT2D eigenvalue weighted by Gasteiger charge is -2.13. The van der Waals surface area contributed by atoms with Crippen LogP contribution >= 0.6 is 11.3 Å². The number of thiophene rings is 1. The highest BCUT2D eigenvalue weighted by Crippen LogP contribution is 2.38. The number of aryl methyl sites for hydroxylation is 2. The summed E-state index contributed by atoms with van der Waals surface area (Å²) in [6.07, 6.45) is 5.61. The molecule has 0 fully saturated rings. The first-order valence-electron chi connectivity index (χ1n) is 10.3. The summed E-state index contributed by atoms with van der Waals surface area (Å²) in [5.41, 5.74) is 2.33. The first-order chi connectivity index (χ1) is 14.5. The summed E-state index contributed by atoms with van der Waals surface area (Å²) in [5.74, 6) is 0.555. The number of amides is 1. The van der Waals surface area contributed by atoms with E-state index >= 15 is 0 Å². The Kier molecular flexibility index (Phi) is 7.75. The molecule has 2 aromatic rings. The van der Waals surface area contributed by atoms with E-state index in [4.69, 9.17) is 9.47 Å². The first-order valence-corrected chi connectivity index (χ1v) is 11.1. The van der Waals surface area contributed by atoms with E-state index in [1.54, 1.807) is 20.0 Å². The number of rotatable bonds is 9. The van der Waals surface area contributed by atoms with Crippen molar-refractivity contribution in [3.05, 3.63) is 33.6 Å². The summed E-state index contributed by atoms with van der Waals surface area (Å²) in [6.45, 7) is 6.74. The summed E-state index contributed by atoms with van der Waals surface area (Å²) in [7, 11) is 0. The van der Waals surface area contributed by atoms with Gasteiger partial charge in [-0.2, -0.15) is 0 Å². The number of aromatic nitrogens is 2. The quantitative estimate of drug-likeness (QED) is 0.585. The summed E-state index contributed by atoms with van der Waals surface area (Å²) >= 11 is 1.48. The number of nitrogens with one attached hydrogen (secondary N) is 2. The Bertz CT molecular complexity index is 913. The van der Waals surface area contributed by atoms with Gasteiger partial charge in [-0.25, -0.2) is 14.8 Å². The van der Waals surface area contributed by atoms with Crippen molar-refractivity contribution in [1.29, 1.82) is 0 Å². The highest BCUT2D eigenvalue weighted by molar-refractivity contribution is 7.17. The van der Waals surface area contributed by atoms with Crippen LogP contribution in [0.1, 0.15) is 58.9 Å². The van der Waals surface area contributed by atoms with Gasteiger partial charge in [-0.3, -0.25) is 4.79 Å². The molecule has 3 rings (SSSR count). The smallest absolute Gasteiger partial charge is 0.341 e. The normalized spacial score (nSPS) is 12.9. The Morgan fingerprint density at radius 1 is 1.20 bits per heavy atom. The molecule has 0 aromatic carbocycles. The molecule has 9 heteroatoms. The first kappa shape index (κ1) is 22.2. The Morgan fingerprint density at radius 2 is 2.00 bits per heavy atom. The lowest BCUT2D eigenvalue weighted by Crippen LogP contribution is -2.24. The van der Waals surface area contributed by atoms with E-state index < -0.39 is 0 Å². The van der Waals surface area contributed by atoms with Crippen LogP contribution in [0.4, 0.5) is 10.8 Å². The monoisotopic (exact) mass is 432 g/mol. The number of fused-ring (bicyclic) bond motifs is 1. The van der Waals surface area contributed by atoms with Gasteiger partial charge in [-0.15, -0.1) is 11.3 Å². The molecule has 0 aliphatic heterocycles. The SMILES string of the molecule is CCOCc1cnc(C)nc1NCC(=O)Nc1sc2c(c1C(=O)OCC)CCCC2. The molecular weight excluding hydrogens is 404 g/mol. The van der Waals surface area contributed by atoms with E-state index in [9.17, 15) is 9.59 Å². The molecule has 1 aliphatic rings. The summed E-state index contributed by atoms with van der Waals surface area (Å²) < 4.78 is 10.7. The van der Waals surface area contributed by atoms with Gasteiger partial charge >= 0.3 is 5.97 Å². The number of esters is 1. The predicted molar refractivity (Wildman–Crippen MR) is 116 cm³/mol. The van der Waals surface area contributed by atoms with Crippen molar-refractivity contribution < 1.29 is 19.1 Å². The van der Waals surface area contributed by atoms with Crippen LogP contribution in [-0.2, 0) is 33.7 Å². The summed E-state index contributed by atoms with van der Waals surface area (Å²) in [5, 5.41) is 6.53. The lowest BCUT2D eigenvalue weighted by molar-refractivity contribution is -0.114. The van der Waals surface area contributed by atoms with Crippen molar-refractivity contribution in [2.45, 2.75) is 53.1 Å². The van der Waals surface area contributed by atoms with Gasteiger partial charge in [0.15, 0.2) is 0 Å². The van der Waals surface area contributed by atoms with Crippen molar-refractivity contribution >= 4 is 34.0 Å². The third kappa shape index (κ3) is 5.34. The van der Waals surface area contributed by atoms with Crippen LogP contribution < -0.4 is 10.6 Å². The van der Waals surface area contributed by atoms with Crippen molar-refractivity contribution in [2.75, 3.05) is 30.4 Å². The van der Waals surface area contributed by atoms with Gasteiger partial charge in [0.05, 0.1) is 25.3 Å². The van der Waals surface area contributed by atoms with E-state index in [0.717, 1.165) is 41.7 Å². The van der Waals surface area contributed by atoms with Gasteiger partial charge in [0.25, 0.3) is 0 Å². The molecule has 1 amide bonds. The fraction of sp³-hybridized carbons (Fsp3) is 0.524. The van der Waals surface area contributed by atoms with E-state index in [0.29, 0.717) is 42.0 Å². The average Bonchev–Trinajstić information content (AvgIpc) is 3.09. The Labute approximate surface area is 180 Å². The van der Waals surface area contributed by atoms with Crippen molar-refractivity contribution in [2.24, 2.45) is 0 Å². The number of nitrogens with zero attached hydrogens (tertiary/aromatic N) is 2. The summed E-state index contributed by atoms with van der Waals surface area (Å²) in [6, 6.07) is 0. The third-order valence-electron chi connectivity index (χ3n) is 4.77. The van der Waals surface area contributed by atoms with Crippen LogP contribution in [0.25, 0.3) is 0 Å². The highest BCUT2D eigenvalue weighted by atomic mass is 32.1. The minimum atomic E-state index is -0.370. The number of ether oxygens (including phenoxy) is 2.